The summed E-state index contributed by atoms with van der Waals surface area (Å²) in [6, 6.07) is 8.27. The highest BCUT2D eigenvalue weighted by atomic mass is 35.5. The van der Waals surface area contributed by atoms with Gasteiger partial charge in [-0.25, -0.2) is 9.97 Å². The molecule has 0 unspecified atom stereocenters. The first-order chi connectivity index (χ1) is 16.5. The largest absolute Gasteiger partial charge is 0.394 e. The Bertz CT molecular complexity index is 1320. The summed E-state index contributed by atoms with van der Waals surface area (Å²) in [6.07, 6.45) is -0.837. The molecule has 1 aliphatic heterocycles. The van der Waals surface area contributed by atoms with Gasteiger partial charge in [0.05, 0.1) is 23.2 Å². The van der Waals surface area contributed by atoms with Gasteiger partial charge in [-0.1, -0.05) is 23.9 Å². The maximum Gasteiger partial charge on any atom is 0.226 e. The van der Waals surface area contributed by atoms with E-state index < -0.39 is 31.1 Å². The topological polar surface area (TPSA) is 138 Å². The molecule has 0 bridgehead atoms. The number of ether oxygens (including phenoxy) is 1. The first-order valence-corrected chi connectivity index (χ1v) is 12.9. The minimum Gasteiger partial charge on any atom is -0.394 e. The van der Waals surface area contributed by atoms with Gasteiger partial charge in [0, 0.05) is 11.3 Å². The van der Waals surface area contributed by atoms with Crippen molar-refractivity contribution in [2.24, 2.45) is 0 Å². The molecule has 1 aromatic carbocycles. The van der Waals surface area contributed by atoms with Crippen LogP contribution in [0.3, 0.4) is 0 Å². The Balaban J connectivity index is 1.24. The Morgan fingerprint density at radius 1 is 1.18 bits per heavy atom. The standard InChI is InChI=1S/C21H21ClN6O4S2/c22-20-26-17(14-18(27-20)28(8-23-14)19-16(31)15(30)11(7-29)32-19)24-10-5-6-13(10)34-21-25-9-3-1-2-4-12(9)33-21/h1-4,8,10-11,13,15-16,19,29-31H,5-7H2,(H,24,26,27)/t10-,11-,13+,15-,16-,19+/m1/s1. The van der Waals surface area contributed by atoms with Crippen LogP contribution in [0.4, 0.5) is 5.82 Å². The summed E-state index contributed by atoms with van der Waals surface area (Å²) in [5.41, 5.74) is 1.86. The smallest absolute Gasteiger partial charge is 0.226 e. The Labute approximate surface area is 207 Å². The Morgan fingerprint density at radius 3 is 2.76 bits per heavy atom. The molecule has 2 fully saturated rings. The Hall–Kier alpha value is -2.06. The molecule has 3 aromatic heterocycles. The first-order valence-electron chi connectivity index (χ1n) is 10.8. The number of rotatable bonds is 6. The second kappa shape index (κ2) is 8.86. The van der Waals surface area contributed by atoms with Crippen molar-refractivity contribution < 1.29 is 20.1 Å². The molecule has 6 rings (SSSR count). The molecule has 1 saturated heterocycles. The summed E-state index contributed by atoms with van der Waals surface area (Å²) in [4.78, 5) is 17.8. The van der Waals surface area contributed by atoms with Crippen molar-refractivity contribution in [2.45, 2.75) is 53.0 Å². The van der Waals surface area contributed by atoms with Crippen LogP contribution in [-0.2, 0) is 4.74 Å². The fraction of sp³-hybridized carbons (Fsp3) is 0.429. The zero-order valence-electron chi connectivity index (χ0n) is 17.7. The summed E-state index contributed by atoms with van der Waals surface area (Å²) in [5.74, 6) is 0.500. The van der Waals surface area contributed by atoms with Crippen LogP contribution in [0.1, 0.15) is 19.1 Å². The van der Waals surface area contributed by atoms with Gasteiger partial charge in [-0.05, 0) is 36.6 Å². The zero-order chi connectivity index (χ0) is 23.4. The molecule has 0 spiro atoms. The van der Waals surface area contributed by atoms with E-state index in [1.807, 2.05) is 18.2 Å². The van der Waals surface area contributed by atoms with E-state index >= 15 is 0 Å². The van der Waals surface area contributed by atoms with Crippen LogP contribution in [0.2, 0.25) is 5.28 Å². The van der Waals surface area contributed by atoms with Crippen molar-refractivity contribution >= 4 is 61.9 Å². The lowest BCUT2D eigenvalue weighted by molar-refractivity contribution is -0.0511. The molecule has 4 heterocycles. The SMILES string of the molecule is OC[C@H]1O[C@H](n2cnc3c(N[C@@H]4CC[C@@H]4Sc4nc5ccccc5s4)nc(Cl)nc32)[C@H](O)[C@@H]1O. The average Bonchev–Trinajstić information content (AvgIpc) is 3.50. The third kappa shape index (κ3) is 3.83. The fourth-order valence-corrected chi connectivity index (χ4v) is 7.00. The molecule has 6 atom stereocenters. The number of benzene rings is 1. The molecule has 1 aliphatic carbocycles. The molecule has 2 aliphatic rings. The number of imidazole rings is 1. The molecule has 34 heavy (non-hydrogen) atoms. The predicted molar refractivity (Wildman–Crippen MR) is 129 cm³/mol. The van der Waals surface area contributed by atoms with Crippen molar-refractivity contribution in [1.29, 1.82) is 0 Å². The van der Waals surface area contributed by atoms with Crippen molar-refractivity contribution in [2.75, 3.05) is 11.9 Å². The van der Waals surface area contributed by atoms with E-state index in [9.17, 15) is 15.3 Å². The number of nitrogens with one attached hydrogen (secondary N) is 1. The number of nitrogens with zero attached hydrogens (tertiary/aromatic N) is 5. The number of aromatic nitrogens is 5. The van der Waals surface area contributed by atoms with Crippen molar-refractivity contribution in [3.63, 3.8) is 0 Å². The molecule has 0 radical (unpaired) electrons. The number of aliphatic hydroxyl groups is 3. The minimum atomic E-state index is -1.25. The highest BCUT2D eigenvalue weighted by molar-refractivity contribution is 8.01. The van der Waals surface area contributed by atoms with Crippen molar-refractivity contribution in [3.8, 4) is 0 Å². The van der Waals surface area contributed by atoms with E-state index in [0.717, 1.165) is 22.7 Å². The van der Waals surface area contributed by atoms with E-state index in [4.69, 9.17) is 21.3 Å². The maximum absolute atomic E-state index is 10.4. The van der Waals surface area contributed by atoms with Gasteiger partial charge >= 0.3 is 0 Å². The monoisotopic (exact) mass is 520 g/mol. The molecule has 4 aromatic rings. The number of hydrogen-bond donors (Lipinski definition) is 4. The highest BCUT2D eigenvalue weighted by Gasteiger charge is 2.44. The lowest BCUT2D eigenvalue weighted by atomic mass is 9.92. The third-order valence-electron chi connectivity index (χ3n) is 6.24. The molecule has 13 heteroatoms. The zero-order valence-corrected chi connectivity index (χ0v) is 20.0. The van der Waals surface area contributed by atoms with E-state index in [0.29, 0.717) is 22.2 Å². The van der Waals surface area contributed by atoms with Crippen LogP contribution < -0.4 is 5.32 Å². The number of anilines is 1. The molecule has 0 amide bonds. The van der Waals surface area contributed by atoms with Crippen LogP contribution in [0.15, 0.2) is 34.9 Å². The second-order valence-corrected chi connectivity index (χ2v) is 11.2. The van der Waals surface area contributed by atoms with E-state index in [1.165, 1.54) is 15.6 Å². The van der Waals surface area contributed by atoms with Crippen LogP contribution >= 0.6 is 34.7 Å². The summed E-state index contributed by atoms with van der Waals surface area (Å²) in [7, 11) is 0. The number of para-hydroxylation sites is 1. The summed E-state index contributed by atoms with van der Waals surface area (Å²) < 4.78 is 9.35. The molecular formula is C21H21ClN6O4S2. The van der Waals surface area contributed by atoms with Gasteiger partial charge in [0.2, 0.25) is 5.28 Å². The average molecular weight is 521 g/mol. The first kappa shape index (κ1) is 22.4. The summed E-state index contributed by atoms with van der Waals surface area (Å²) in [5, 5.41) is 33.7. The molecule has 1 saturated carbocycles. The second-order valence-electron chi connectivity index (χ2n) is 8.33. The van der Waals surface area contributed by atoms with Gasteiger partial charge in [-0.15, -0.1) is 11.3 Å². The maximum atomic E-state index is 10.4. The minimum absolute atomic E-state index is 0.0261. The van der Waals surface area contributed by atoms with Gasteiger partial charge in [-0.2, -0.15) is 9.97 Å². The number of hydrogen-bond acceptors (Lipinski definition) is 11. The normalized spacial score (nSPS) is 29.1. The van der Waals surface area contributed by atoms with Gasteiger partial charge in [0.25, 0.3) is 0 Å². The van der Waals surface area contributed by atoms with E-state index in [1.54, 1.807) is 23.1 Å². The van der Waals surface area contributed by atoms with Gasteiger partial charge in [0.1, 0.15) is 18.3 Å². The predicted octanol–water partition coefficient (Wildman–Crippen LogP) is 2.44. The van der Waals surface area contributed by atoms with Crippen LogP contribution in [-0.4, -0.2) is 76.0 Å². The van der Waals surface area contributed by atoms with E-state index in [2.05, 4.69) is 26.3 Å². The quantitative estimate of drug-likeness (QED) is 0.280. The Kier molecular flexibility index (Phi) is 5.84. The van der Waals surface area contributed by atoms with Gasteiger partial charge in [0.15, 0.2) is 27.5 Å². The number of thiazole rings is 1. The third-order valence-corrected chi connectivity index (χ3v) is 8.94. The molecular weight excluding hydrogens is 500 g/mol. The highest BCUT2D eigenvalue weighted by Crippen LogP contribution is 2.41. The van der Waals surface area contributed by atoms with Crippen LogP contribution in [0.25, 0.3) is 21.4 Å². The fourth-order valence-electron chi connectivity index (χ4n) is 4.27. The van der Waals surface area contributed by atoms with Crippen molar-refractivity contribution in [1.82, 2.24) is 24.5 Å². The molecule has 10 nitrogen and oxygen atoms in total. The van der Waals surface area contributed by atoms with Crippen LogP contribution in [0, 0.1) is 0 Å². The lowest BCUT2D eigenvalue weighted by Crippen LogP contribution is -2.41. The number of halogens is 1. The van der Waals surface area contributed by atoms with Crippen LogP contribution in [0.5, 0.6) is 0 Å². The van der Waals surface area contributed by atoms with E-state index in [-0.39, 0.29) is 11.3 Å². The summed E-state index contributed by atoms with van der Waals surface area (Å²) >= 11 is 9.68. The molecule has 4 N–H and O–H groups in total. The number of thioether (sulfide) groups is 1. The lowest BCUT2D eigenvalue weighted by Gasteiger charge is -2.36. The number of fused-ring (bicyclic) bond motifs is 2. The van der Waals surface area contributed by atoms with Gasteiger partial charge < -0.3 is 25.4 Å². The van der Waals surface area contributed by atoms with Crippen molar-refractivity contribution in [3.05, 3.63) is 35.9 Å². The number of aliphatic hydroxyl groups excluding tert-OH is 3. The Morgan fingerprint density at radius 2 is 2.03 bits per heavy atom. The van der Waals surface area contributed by atoms with Gasteiger partial charge in [-0.3, -0.25) is 4.57 Å². The summed E-state index contributed by atoms with van der Waals surface area (Å²) in [6.45, 7) is -0.417. The molecule has 178 valence electrons.